The summed E-state index contributed by atoms with van der Waals surface area (Å²) in [5.41, 5.74) is 5.70. The van der Waals surface area contributed by atoms with Crippen molar-refractivity contribution in [2.45, 2.75) is 0 Å². The molecule has 5 heteroatoms. The highest BCUT2D eigenvalue weighted by atomic mass is 16.5. The fourth-order valence-electron chi connectivity index (χ4n) is 0.620. The lowest BCUT2D eigenvalue weighted by Gasteiger charge is -2.04. The van der Waals surface area contributed by atoms with Gasteiger partial charge < -0.3 is 4.74 Å². The zero-order chi connectivity index (χ0) is 7.56. The van der Waals surface area contributed by atoms with Gasteiger partial charge >= 0.3 is 5.97 Å². The summed E-state index contributed by atoms with van der Waals surface area (Å²) in [5.74, 6) is -0.378. The Morgan fingerprint density at radius 3 is 2.90 bits per heavy atom. The van der Waals surface area contributed by atoms with Gasteiger partial charge in [0, 0.05) is 13.2 Å². The van der Waals surface area contributed by atoms with E-state index in [-0.39, 0.29) is 5.97 Å². The van der Waals surface area contributed by atoms with E-state index < -0.39 is 0 Å². The van der Waals surface area contributed by atoms with Crippen molar-refractivity contribution in [1.29, 1.82) is 0 Å². The van der Waals surface area contributed by atoms with E-state index in [1.54, 1.807) is 18.3 Å². The number of nitrogens with one attached hydrogen (secondary N) is 2. The van der Waals surface area contributed by atoms with E-state index in [1.165, 1.54) is 7.11 Å². The number of carbonyl (C=O) groups excluding carboxylic acids is 1. The predicted octanol–water partition coefficient (Wildman–Crippen LogP) is -1.04. The third-order valence-corrected chi connectivity index (χ3v) is 1.09. The zero-order valence-electron chi connectivity index (χ0n) is 5.84. The molecule has 0 bridgehead atoms. The van der Waals surface area contributed by atoms with Gasteiger partial charge in [-0.1, -0.05) is 0 Å². The second kappa shape index (κ2) is 2.57. The van der Waals surface area contributed by atoms with Crippen LogP contribution < -0.4 is 11.0 Å². The second-order valence-electron chi connectivity index (χ2n) is 1.88. The Kier molecular flexibility index (Phi) is 1.77. The molecule has 5 nitrogen and oxygen atoms in total. The van der Waals surface area contributed by atoms with Gasteiger partial charge in [-0.05, 0) is 0 Å². The van der Waals surface area contributed by atoms with E-state index in [1.807, 2.05) is 0 Å². The van der Waals surface area contributed by atoms with Crippen LogP contribution in [0.25, 0.3) is 0 Å². The van der Waals surface area contributed by atoms with Crippen molar-refractivity contribution in [2.24, 2.45) is 0 Å². The van der Waals surface area contributed by atoms with Crippen molar-refractivity contribution in [3.63, 3.8) is 0 Å². The van der Waals surface area contributed by atoms with Crippen LogP contribution in [0.4, 0.5) is 0 Å². The van der Waals surface area contributed by atoms with E-state index in [2.05, 4.69) is 15.7 Å². The molecule has 0 saturated heterocycles. The first-order valence-electron chi connectivity index (χ1n) is 2.78. The lowest BCUT2D eigenvalue weighted by Crippen LogP contribution is -2.34. The van der Waals surface area contributed by atoms with Crippen LogP contribution in [0.3, 0.4) is 0 Å². The third-order valence-electron chi connectivity index (χ3n) is 1.09. The lowest BCUT2D eigenvalue weighted by atomic mass is 10.5. The zero-order valence-corrected chi connectivity index (χ0v) is 5.84. The van der Waals surface area contributed by atoms with Crippen LogP contribution in [0, 0.1) is 0 Å². The highest BCUT2D eigenvalue weighted by Gasteiger charge is 2.14. The standard InChI is InChI=1S/C5H9N3O2/c1-8-3-4(6-7-8)5(9)10-2/h3,6-7H,1-2H3. The molecule has 10 heavy (non-hydrogen) atoms. The molecule has 0 aromatic heterocycles. The Labute approximate surface area is 58.6 Å². The quantitative estimate of drug-likeness (QED) is 0.459. The Morgan fingerprint density at radius 2 is 2.50 bits per heavy atom. The smallest absolute Gasteiger partial charge is 0.357 e. The van der Waals surface area contributed by atoms with E-state index in [0.29, 0.717) is 5.70 Å². The molecular weight excluding hydrogens is 134 g/mol. The number of rotatable bonds is 1. The largest absolute Gasteiger partial charge is 0.464 e. The molecule has 0 saturated carbocycles. The van der Waals surface area contributed by atoms with E-state index in [9.17, 15) is 4.79 Å². The third kappa shape index (κ3) is 1.19. The summed E-state index contributed by atoms with van der Waals surface area (Å²) in [4.78, 5) is 10.7. The van der Waals surface area contributed by atoms with Crippen LogP contribution in [-0.4, -0.2) is 25.1 Å². The molecule has 1 aliphatic heterocycles. The Morgan fingerprint density at radius 1 is 1.80 bits per heavy atom. The van der Waals surface area contributed by atoms with Crippen LogP contribution in [0.5, 0.6) is 0 Å². The average molecular weight is 143 g/mol. The number of hydrogen-bond acceptors (Lipinski definition) is 5. The van der Waals surface area contributed by atoms with Gasteiger partial charge in [-0.2, -0.15) is 0 Å². The molecule has 0 amide bonds. The van der Waals surface area contributed by atoms with E-state index >= 15 is 0 Å². The fraction of sp³-hybridized carbons (Fsp3) is 0.400. The maximum absolute atomic E-state index is 10.7. The number of hydrogen-bond donors (Lipinski definition) is 2. The minimum absolute atomic E-state index is 0.378. The molecule has 2 N–H and O–H groups in total. The number of methoxy groups -OCH3 is 1. The SMILES string of the molecule is COC(=O)C1=CN(C)NN1. The second-order valence-corrected chi connectivity index (χ2v) is 1.88. The number of esters is 1. The van der Waals surface area contributed by atoms with E-state index in [4.69, 9.17) is 0 Å². The van der Waals surface area contributed by atoms with Gasteiger partial charge in [-0.15, -0.1) is 5.53 Å². The molecular formula is C5H9N3O2. The highest BCUT2D eigenvalue weighted by Crippen LogP contribution is 1.97. The molecule has 0 unspecified atom stereocenters. The number of hydrazine groups is 2. The summed E-state index contributed by atoms with van der Waals surface area (Å²) in [6, 6.07) is 0. The summed E-state index contributed by atoms with van der Waals surface area (Å²) < 4.78 is 4.45. The topological polar surface area (TPSA) is 53.6 Å². The fourth-order valence-corrected chi connectivity index (χ4v) is 0.620. The highest BCUT2D eigenvalue weighted by molar-refractivity contribution is 5.87. The van der Waals surface area contributed by atoms with Crippen molar-refractivity contribution < 1.29 is 9.53 Å². The predicted molar refractivity (Wildman–Crippen MR) is 34.1 cm³/mol. The number of ether oxygens (including phenoxy) is 1. The molecule has 0 aromatic carbocycles. The molecule has 0 spiro atoms. The van der Waals surface area contributed by atoms with Crippen molar-refractivity contribution in [3.8, 4) is 0 Å². The first kappa shape index (κ1) is 6.88. The normalized spacial score (nSPS) is 16.2. The minimum atomic E-state index is -0.378. The monoisotopic (exact) mass is 143 g/mol. The average Bonchev–Trinajstić information content (AvgIpc) is 2.34. The van der Waals surface area contributed by atoms with Crippen molar-refractivity contribution in [2.75, 3.05) is 14.2 Å². The lowest BCUT2D eigenvalue weighted by molar-refractivity contribution is -0.136. The molecule has 1 rings (SSSR count). The van der Waals surface area contributed by atoms with Crippen molar-refractivity contribution >= 4 is 5.97 Å². The van der Waals surface area contributed by atoms with Gasteiger partial charge in [-0.25, -0.2) is 4.79 Å². The summed E-state index contributed by atoms with van der Waals surface area (Å²) in [5, 5.41) is 1.62. The molecule has 1 heterocycles. The van der Waals surface area contributed by atoms with Gasteiger partial charge in [-0.3, -0.25) is 10.4 Å². The Bertz CT molecular complexity index is 178. The maximum atomic E-state index is 10.7. The Hall–Kier alpha value is -1.23. The molecule has 0 atom stereocenters. The van der Waals surface area contributed by atoms with Gasteiger partial charge in [0.25, 0.3) is 0 Å². The summed E-state index contributed by atoms with van der Waals surface area (Å²) in [6.07, 6.45) is 1.60. The molecule has 0 aromatic rings. The number of nitrogens with zero attached hydrogens (tertiary/aromatic N) is 1. The van der Waals surface area contributed by atoms with Crippen molar-refractivity contribution in [1.82, 2.24) is 16.0 Å². The minimum Gasteiger partial charge on any atom is -0.464 e. The Balaban J connectivity index is 2.57. The molecule has 0 fully saturated rings. The molecule has 1 aliphatic rings. The van der Waals surface area contributed by atoms with Crippen LogP contribution in [0.2, 0.25) is 0 Å². The van der Waals surface area contributed by atoms with Gasteiger partial charge in [0.15, 0.2) is 5.70 Å². The summed E-state index contributed by atoms with van der Waals surface area (Å²) in [7, 11) is 3.10. The van der Waals surface area contributed by atoms with Crippen LogP contribution in [0.1, 0.15) is 0 Å². The van der Waals surface area contributed by atoms with E-state index in [0.717, 1.165) is 0 Å². The number of carbonyl (C=O) groups is 1. The first-order valence-corrected chi connectivity index (χ1v) is 2.78. The van der Waals surface area contributed by atoms with Gasteiger partial charge in [0.1, 0.15) is 0 Å². The first-order chi connectivity index (χ1) is 4.74. The van der Waals surface area contributed by atoms with Crippen LogP contribution in [-0.2, 0) is 9.53 Å². The molecule has 0 aliphatic carbocycles. The molecule has 56 valence electrons. The summed E-state index contributed by atoms with van der Waals surface area (Å²) >= 11 is 0. The van der Waals surface area contributed by atoms with Gasteiger partial charge in [0.05, 0.1) is 7.11 Å². The summed E-state index contributed by atoms with van der Waals surface area (Å²) in [6.45, 7) is 0. The van der Waals surface area contributed by atoms with Crippen LogP contribution in [0.15, 0.2) is 11.9 Å². The van der Waals surface area contributed by atoms with Crippen LogP contribution >= 0.6 is 0 Å². The van der Waals surface area contributed by atoms with Gasteiger partial charge in [0.2, 0.25) is 0 Å². The maximum Gasteiger partial charge on any atom is 0.357 e. The molecule has 0 radical (unpaired) electrons. The van der Waals surface area contributed by atoms with Crippen molar-refractivity contribution in [3.05, 3.63) is 11.9 Å².